The highest BCUT2D eigenvalue weighted by Crippen LogP contribution is 2.23. The quantitative estimate of drug-likeness (QED) is 0.702. The van der Waals surface area contributed by atoms with Crippen LogP contribution >= 0.6 is 11.3 Å². The van der Waals surface area contributed by atoms with E-state index >= 15 is 0 Å². The van der Waals surface area contributed by atoms with Crippen LogP contribution in [0.5, 0.6) is 0 Å². The number of carbonyl (C=O) groups is 2. The van der Waals surface area contributed by atoms with Crippen molar-refractivity contribution >= 4 is 39.1 Å². The van der Waals surface area contributed by atoms with Crippen molar-refractivity contribution in [2.24, 2.45) is 0 Å². The summed E-state index contributed by atoms with van der Waals surface area (Å²) in [7, 11) is 0. The van der Waals surface area contributed by atoms with Crippen molar-refractivity contribution in [3.63, 3.8) is 0 Å². The molecule has 1 aromatic carbocycles. The second-order valence-corrected chi connectivity index (χ2v) is 7.04. The number of aromatic carboxylic acids is 1. The number of aryl methyl sites for hydroxylation is 2. The van der Waals surface area contributed by atoms with E-state index in [0.29, 0.717) is 16.3 Å². The molecule has 140 valence electrons. The molecule has 0 saturated heterocycles. The maximum atomic E-state index is 12.9. The molecule has 0 bridgehead atoms. The van der Waals surface area contributed by atoms with E-state index in [1.807, 2.05) is 31.2 Å². The van der Waals surface area contributed by atoms with Gasteiger partial charge < -0.3 is 10.4 Å². The lowest BCUT2D eigenvalue weighted by Crippen LogP contribution is -2.34. The smallest absolute Gasteiger partial charge is 0.337 e. The summed E-state index contributed by atoms with van der Waals surface area (Å²) in [5.41, 5.74) is 1.16. The van der Waals surface area contributed by atoms with E-state index in [1.165, 1.54) is 9.95 Å². The van der Waals surface area contributed by atoms with E-state index in [0.717, 1.165) is 23.3 Å². The van der Waals surface area contributed by atoms with Gasteiger partial charge in [-0.25, -0.2) is 9.78 Å². The van der Waals surface area contributed by atoms with Crippen molar-refractivity contribution < 1.29 is 14.7 Å². The zero-order valence-electron chi connectivity index (χ0n) is 15.1. The molecule has 27 heavy (non-hydrogen) atoms. The third-order valence-electron chi connectivity index (χ3n) is 4.44. The summed E-state index contributed by atoms with van der Waals surface area (Å²) in [6.07, 6.45) is 0.900. The van der Waals surface area contributed by atoms with E-state index in [9.17, 15) is 19.5 Å². The van der Waals surface area contributed by atoms with Crippen LogP contribution in [0, 0.1) is 6.92 Å². The summed E-state index contributed by atoms with van der Waals surface area (Å²) < 4.78 is 1.23. The molecule has 0 aliphatic rings. The van der Waals surface area contributed by atoms with Gasteiger partial charge in [0.05, 0.1) is 10.9 Å². The molecule has 8 heteroatoms. The van der Waals surface area contributed by atoms with Gasteiger partial charge in [-0.15, -0.1) is 11.3 Å². The van der Waals surface area contributed by atoms with Crippen molar-refractivity contribution in [3.8, 4) is 0 Å². The van der Waals surface area contributed by atoms with Crippen LogP contribution in [0.3, 0.4) is 0 Å². The number of carboxylic acids is 1. The molecule has 2 heterocycles. The second kappa shape index (κ2) is 7.32. The summed E-state index contributed by atoms with van der Waals surface area (Å²) >= 11 is 1.10. The van der Waals surface area contributed by atoms with Gasteiger partial charge in [-0.1, -0.05) is 19.1 Å². The van der Waals surface area contributed by atoms with Crippen LogP contribution in [0.1, 0.15) is 41.6 Å². The fourth-order valence-electron chi connectivity index (χ4n) is 2.91. The van der Waals surface area contributed by atoms with Crippen molar-refractivity contribution in [1.29, 1.82) is 0 Å². The summed E-state index contributed by atoms with van der Waals surface area (Å²) in [4.78, 5) is 41.6. The minimum Gasteiger partial charge on any atom is -0.478 e. The van der Waals surface area contributed by atoms with Gasteiger partial charge in [-0.3, -0.25) is 14.2 Å². The lowest BCUT2D eigenvalue weighted by Gasteiger charge is -2.17. The first-order valence-corrected chi connectivity index (χ1v) is 9.34. The van der Waals surface area contributed by atoms with Gasteiger partial charge in [0.15, 0.2) is 0 Å². The third-order valence-corrected chi connectivity index (χ3v) is 5.32. The normalized spacial score (nSPS) is 12.1. The number of hydrogen-bond acceptors (Lipinski definition) is 5. The van der Waals surface area contributed by atoms with E-state index in [1.54, 1.807) is 13.8 Å². The summed E-state index contributed by atoms with van der Waals surface area (Å²) in [5.74, 6) is -1.21. The fourth-order valence-corrected chi connectivity index (χ4v) is 3.85. The molecule has 1 amide bonds. The largest absolute Gasteiger partial charge is 0.478 e. The Morgan fingerprint density at radius 1 is 1.30 bits per heavy atom. The fraction of sp³-hybridized carbons (Fsp3) is 0.263. The van der Waals surface area contributed by atoms with Gasteiger partial charge in [0.2, 0.25) is 5.91 Å². The number of anilines is 1. The Labute approximate surface area is 159 Å². The number of fused-ring (bicyclic) bond motifs is 1. The minimum atomic E-state index is -1.19. The van der Waals surface area contributed by atoms with Gasteiger partial charge in [0.25, 0.3) is 5.56 Å². The van der Waals surface area contributed by atoms with E-state index in [-0.39, 0.29) is 16.9 Å². The maximum Gasteiger partial charge on any atom is 0.337 e. The predicted octanol–water partition coefficient (Wildman–Crippen LogP) is 3.23. The van der Waals surface area contributed by atoms with Crippen LogP contribution in [0.2, 0.25) is 0 Å². The molecule has 3 rings (SSSR count). The van der Waals surface area contributed by atoms with Crippen molar-refractivity contribution in [2.45, 2.75) is 33.2 Å². The first-order chi connectivity index (χ1) is 12.8. The van der Waals surface area contributed by atoms with E-state index in [2.05, 4.69) is 10.3 Å². The molecule has 1 atom stereocenters. The highest BCUT2D eigenvalue weighted by molar-refractivity contribution is 7.17. The van der Waals surface area contributed by atoms with Crippen LogP contribution in [-0.2, 0) is 11.2 Å². The number of amides is 1. The molecule has 0 aliphatic heterocycles. The Morgan fingerprint density at radius 2 is 1.96 bits per heavy atom. The number of hydrogen-bond donors (Lipinski definition) is 2. The molecule has 7 nitrogen and oxygen atoms in total. The van der Waals surface area contributed by atoms with Gasteiger partial charge >= 0.3 is 5.97 Å². The van der Waals surface area contributed by atoms with Crippen LogP contribution in [0.25, 0.3) is 10.2 Å². The summed E-state index contributed by atoms with van der Waals surface area (Å²) in [6.45, 7) is 5.26. The van der Waals surface area contributed by atoms with E-state index in [4.69, 9.17) is 0 Å². The average Bonchev–Trinajstić information content (AvgIpc) is 3.06. The van der Waals surface area contributed by atoms with Gasteiger partial charge in [-0.05, 0) is 38.0 Å². The zero-order valence-corrected chi connectivity index (χ0v) is 16.0. The standard InChI is InChI=1S/C19H19N3O4S/c1-4-12-5-7-13(8-6-12)21-16(23)10(2)22-11(3)20-17-15(18(22)24)14(9-27-17)19(25)26/h5-10H,4H2,1-3H3,(H,21,23)(H,25,26). The van der Waals surface area contributed by atoms with Crippen LogP contribution in [-0.4, -0.2) is 26.5 Å². The second-order valence-electron chi connectivity index (χ2n) is 6.18. The van der Waals surface area contributed by atoms with Gasteiger partial charge in [-0.2, -0.15) is 0 Å². The average molecular weight is 385 g/mol. The molecular formula is C19H19N3O4S. The number of benzene rings is 1. The molecule has 2 aromatic heterocycles. The highest BCUT2D eigenvalue weighted by Gasteiger charge is 2.24. The van der Waals surface area contributed by atoms with Crippen molar-refractivity contribution in [2.75, 3.05) is 5.32 Å². The number of aromatic nitrogens is 2. The van der Waals surface area contributed by atoms with E-state index < -0.39 is 17.6 Å². The maximum absolute atomic E-state index is 12.9. The third kappa shape index (κ3) is 3.48. The summed E-state index contributed by atoms with van der Waals surface area (Å²) in [5, 5.41) is 13.5. The molecule has 3 aromatic rings. The number of carbonyl (C=O) groups excluding carboxylic acids is 1. The lowest BCUT2D eigenvalue weighted by atomic mass is 10.1. The number of thiophene rings is 1. The molecule has 0 saturated carbocycles. The minimum absolute atomic E-state index is 0.0325. The molecule has 0 radical (unpaired) electrons. The molecular weight excluding hydrogens is 366 g/mol. The van der Waals surface area contributed by atoms with Crippen LogP contribution < -0.4 is 10.9 Å². The summed E-state index contributed by atoms with van der Waals surface area (Å²) in [6, 6.07) is 6.62. The monoisotopic (exact) mass is 385 g/mol. The van der Waals surface area contributed by atoms with Crippen LogP contribution in [0.4, 0.5) is 5.69 Å². The van der Waals surface area contributed by atoms with Crippen molar-refractivity contribution in [1.82, 2.24) is 9.55 Å². The topological polar surface area (TPSA) is 101 Å². The van der Waals surface area contributed by atoms with Crippen molar-refractivity contribution in [3.05, 3.63) is 57.0 Å². The Balaban J connectivity index is 1.97. The number of rotatable bonds is 5. The number of nitrogens with zero attached hydrogens (tertiary/aromatic N) is 2. The number of carboxylic acid groups (broad SMARTS) is 1. The molecule has 2 N–H and O–H groups in total. The SMILES string of the molecule is CCc1ccc(NC(=O)C(C)n2c(C)nc3scc(C(=O)O)c3c2=O)cc1. The zero-order chi connectivity index (χ0) is 19.7. The first kappa shape index (κ1) is 18.8. The van der Waals surface area contributed by atoms with Gasteiger partial charge in [0, 0.05) is 11.1 Å². The Bertz CT molecular complexity index is 1080. The molecule has 1 unspecified atom stereocenters. The predicted molar refractivity (Wildman–Crippen MR) is 105 cm³/mol. The number of nitrogens with one attached hydrogen (secondary N) is 1. The Hall–Kier alpha value is -3.00. The molecule has 0 aliphatic carbocycles. The molecule has 0 fully saturated rings. The lowest BCUT2D eigenvalue weighted by molar-refractivity contribution is -0.118. The van der Waals surface area contributed by atoms with Crippen LogP contribution in [0.15, 0.2) is 34.4 Å². The molecule has 0 spiro atoms. The highest BCUT2D eigenvalue weighted by atomic mass is 32.1. The Morgan fingerprint density at radius 3 is 2.56 bits per heavy atom. The van der Waals surface area contributed by atoms with Gasteiger partial charge in [0.1, 0.15) is 16.7 Å². The first-order valence-electron chi connectivity index (χ1n) is 8.47. The Kier molecular flexibility index (Phi) is 5.09.